The first-order valence-corrected chi connectivity index (χ1v) is 13.5. The van der Waals surface area contributed by atoms with Gasteiger partial charge in [-0.3, -0.25) is 9.69 Å². The van der Waals surface area contributed by atoms with Crippen molar-refractivity contribution in [2.45, 2.75) is 50.4 Å². The molecule has 0 spiro atoms. The van der Waals surface area contributed by atoms with Crippen LogP contribution in [0.1, 0.15) is 58.7 Å². The molecule has 0 bridgehead atoms. The summed E-state index contributed by atoms with van der Waals surface area (Å²) in [4.78, 5) is 14.6. The van der Waals surface area contributed by atoms with E-state index in [9.17, 15) is 37.0 Å². The van der Waals surface area contributed by atoms with Crippen LogP contribution in [-0.4, -0.2) is 52.9 Å². The predicted octanol–water partition coefficient (Wildman–Crippen LogP) is 5.13. The van der Waals surface area contributed by atoms with Crippen LogP contribution in [0.4, 0.5) is 27.6 Å². The molecule has 5 rings (SSSR count). The number of anilines is 1. The fraction of sp³-hybridized carbons (Fsp3) is 0.367. The number of nitrogens with one attached hydrogen (secondary N) is 1. The molecule has 3 N–H and O–H groups in total. The summed E-state index contributed by atoms with van der Waals surface area (Å²) in [7, 11) is 0. The fourth-order valence-corrected chi connectivity index (χ4v) is 5.36. The van der Waals surface area contributed by atoms with Crippen molar-refractivity contribution < 1.29 is 46.4 Å². The van der Waals surface area contributed by atoms with Crippen LogP contribution in [0, 0.1) is 29.1 Å². The third kappa shape index (κ3) is 6.18. The van der Waals surface area contributed by atoms with E-state index in [2.05, 4.69) is 10.2 Å². The van der Waals surface area contributed by atoms with Crippen molar-refractivity contribution in [1.82, 2.24) is 4.90 Å². The van der Waals surface area contributed by atoms with Crippen molar-refractivity contribution in [2.24, 2.45) is 0 Å². The molecule has 0 aromatic heterocycles. The molecule has 0 saturated carbocycles. The second-order valence-electron chi connectivity index (χ2n) is 10.3. The summed E-state index contributed by atoms with van der Waals surface area (Å²) in [5, 5.41) is 21.3. The van der Waals surface area contributed by atoms with Crippen molar-refractivity contribution in [1.29, 1.82) is 0 Å². The molecule has 1 amide bonds. The van der Waals surface area contributed by atoms with Crippen LogP contribution in [0.15, 0.2) is 48.5 Å². The van der Waals surface area contributed by atoms with Gasteiger partial charge >= 0.3 is 0 Å². The van der Waals surface area contributed by atoms with Crippen molar-refractivity contribution in [3.63, 3.8) is 0 Å². The molecular weight excluding hydrogens is 563 g/mol. The van der Waals surface area contributed by atoms with Crippen LogP contribution in [0.2, 0.25) is 0 Å². The molecule has 3 aromatic carbocycles. The minimum absolute atomic E-state index is 0.0408. The molecule has 4 atom stereocenters. The standard InChI is InChI=1S/C30H29F5N2O5/c31-24-23(25(32)27(34)28(35)26(24)33)29(40)36-19-9-7-18(8-10-19)30-41-21(13-37-11-1-2-20(37)15-39)12-22(42-30)17-5-3-16(14-38)4-6-17/h3-10,20-22,30,38-39H,1-2,11-15H2,(H,36,40). The molecule has 0 radical (unpaired) electrons. The Morgan fingerprint density at radius 1 is 0.857 bits per heavy atom. The zero-order chi connectivity index (χ0) is 30.0. The predicted molar refractivity (Wildman–Crippen MR) is 141 cm³/mol. The lowest BCUT2D eigenvalue weighted by Crippen LogP contribution is -2.42. The van der Waals surface area contributed by atoms with Crippen LogP contribution in [-0.2, 0) is 16.1 Å². The lowest BCUT2D eigenvalue weighted by Gasteiger charge is -2.38. The lowest BCUT2D eigenvalue weighted by atomic mass is 9.99. The van der Waals surface area contributed by atoms with Gasteiger partial charge in [0.15, 0.2) is 29.6 Å². The van der Waals surface area contributed by atoms with E-state index in [1.807, 2.05) is 24.3 Å². The molecule has 2 fully saturated rings. The van der Waals surface area contributed by atoms with Crippen LogP contribution >= 0.6 is 0 Å². The van der Waals surface area contributed by atoms with Crippen LogP contribution in [0.25, 0.3) is 0 Å². The molecule has 224 valence electrons. The van der Waals surface area contributed by atoms with Gasteiger partial charge in [-0.1, -0.05) is 36.4 Å². The maximum Gasteiger partial charge on any atom is 0.261 e. The summed E-state index contributed by atoms with van der Waals surface area (Å²) in [5.41, 5.74) is 0.656. The maximum atomic E-state index is 14.1. The van der Waals surface area contributed by atoms with E-state index in [1.165, 1.54) is 12.1 Å². The van der Waals surface area contributed by atoms with E-state index >= 15 is 0 Å². The largest absolute Gasteiger partial charge is 0.395 e. The summed E-state index contributed by atoms with van der Waals surface area (Å²) >= 11 is 0. The van der Waals surface area contributed by atoms with E-state index in [-0.39, 0.29) is 37.2 Å². The minimum Gasteiger partial charge on any atom is -0.395 e. The highest BCUT2D eigenvalue weighted by molar-refractivity contribution is 6.04. The number of hydrogen-bond acceptors (Lipinski definition) is 6. The van der Waals surface area contributed by atoms with E-state index in [0.717, 1.165) is 30.5 Å². The van der Waals surface area contributed by atoms with Gasteiger partial charge in [-0.25, -0.2) is 22.0 Å². The Bertz CT molecular complexity index is 1390. The molecule has 42 heavy (non-hydrogen) atoms. The molecule has 4 unspecified atom stereocenters. The highest BCUT2D eigenvalue weighted by atomic mass is 19.2. The number of hydrogen-bond donors (Lipinski definition) is 3. The number of likely N-dealkylation sites (tertiary alicyclic amines) is 1. The van der Waals surface area contributed by atoms with Crippen molar-refractivity contribution in [3.8, 4) is 0 Å². The molecule has 12 heteroatoms. The highest BCUT2D eigenvalue weighted by Gasteiger charge is 2.35. The van der Waals surface area contributed by atoms with Crippen molar-refractivity contribution >= 4 is 11.6 Å². The SMILES string of the molecule is O=C(Nc1ccc(C2OC(CN3CCCC3CO)CC(c3ccc(CO)cc3)O2)cc1)c1c(F)c(F)c(F)c(F)c1F. The van der Waals surface area contributed by atoms with Crippen LogP contribution in [0.3, 0.4) is 0 Å². The van der Waals surface area contributed by atoms with E-state index in [0.29, 0.717) is 18.5 Å². The number of ether oxygens (including phenoxy) is 2. The van der Waals surface area contributed by atoms with Gasteiger partial charge in [0.25, 0.3) is 5.91 Å². The van der Waals surface area contributed by atoms with Gasteiger partial charge in [0.2, 0.25) is 5.82 Å². The van der Waals surface area contributed by atoms with E-state index in [1.54, 1.807) is 12.1 Å². The van der Waals surface area contributed by atoms with Gasteiger partial charge in [0, 0.05) is 30.3 Å². The molecule has 2 aliphatic rings. The Morgan fingerprint density at radius 2 is 1.48 bits per heavy atom. The van der Waals surface area contributed by atoms with E-state index < -0.39 is 46.8 Å². The number of nitrogens with zero attached hydrogens (tertiary/aromatic N) is 1. The van der Waals surface area contributed by atoms with Gasteiger partial charge in [0.05, 0.1) is 25.4 Å². The number of carbonyl (C=O) groups excluding carboxylic acids is 1. The number of aliphatic hydroxyl groups is 2. The highest BCUT2D eigenvalue weighted by Crippen LogP contribution is 2.39. The van der Waals surface area contributed by atoms with Crippen LogP contribution < -0.4 is 5.32 Å². The Hall–Kier alpha value is -3.42. The zero-order valence-electron chi connectivity index (χ0n) is 22.3. The second kappa shape index (κ2) is 12.8. The fourth-order valence-electron chi connectivity index (χ4n) is 5.36. The van der Waals surface area contributed by atoms with Gasteiger partial charge in [-0.05, 0) is 42.6 Å². The van der Waals surface area contributed by atoms with E-state index in [4.69, 9.17) is 9.47 Å². The first-order valence-electron chi connectivity index (χ1n) is 13.5. The Labute approximate surface area is 238 Å². The summed E-state index contributed by atoms with van der Waals surface area (Å²) in [6, 6.07) is 13.3. The Kier molecular flexibility index (Phi) is 9.19. The number of carbonyl (C=O) groups is 1. The smallest absolute Gasteiger partial charge is 0.261 e. The van der Waals surface area contributed by atoms with Gasteiger partial charge in [-0.2, -0.15) is 0 Å². The van der Waals surface area contributed by atoms with Gasteiger partial charge in [-0.15, -0.1) is 0 Å². The molecule has 3 aromatic rings. The normalized spacial score (nSPS) is 22.8. The summed E-state index contributed by atoms with van der Waals surface area (Å²) < 4.78 is 81.2. The van der Waals surface area contributed by atoms with Crippen molar-refractivity contribution in [2.75, 3.05) is 25.0 Å². The zero-order valence-corrected chi connectivity index (χ0v) is 22.3. The summed E-state index contributed by atoms with van der Waals surface area (Å²) in [6.07, 6.45) is 0.966. The second-order valence-corrected chi connectivity index (χ2v) is 10.3. The average Bonchev–Trinajstić information content (AvgIpc) is 3.46. The first-order chi connectivity index (χ1) is 20.2. The third-order valence-corrected chi connectivity index (χ3v) is 7.64. The Balaban J connectivity index is 1.34. The third-order valence-electron chi connectivity index (χ3n) is 7.64. The first kappa shape index (κ1) is 30.1. The monoisotopic (exact) mass is 592 g/mol. The van der Waals surface area contributed by atoms with Crippen molar-refractivity contribution in [3.05, 3.63) is 99.9 Å². The maximum absolute atomic E-state index is 14.1. The quantitative estimate of drug-likeness (QED) is 0.191. The molecule has 2 heterocycles. The number of halogens is 5. The number of benzene rings is 3. The number of rotatable bonds is 8. The van der Waals surface area contributed by atoms with Crippen LogP contribution in [0.5, 0.6) is 0 Å². The minimum atomic E-state index is -2.35. The molecule has 7 nitrogen and oxygen atoms in total. The number of aliphatic hydroxyl groups excluding tert-OH is 2. The molecular formula is C30H29F5N2O5. The van der Waals surface area contributed by atoms with Gasteiger partial charge in [0.1, 0.15) is 5.56 Å². The summed E-state index contributed by atoms with van der Waals surface area (Å²) in [6.45, 7) is 1.37. The molecule has 0 aliphatic carbocycles. The lowest BCUT2D eigenvalue weighted by molar-refractivity contribution is -0.253. The topological polar surface area (TPSA) is 91.3 Å². The summed E-state index contributed by atoms with van der Waals surface area (Å²) in [5.74, 6) is -12.7. The number of amides is 1. The average molecular weight is 593 g/mol. The van der Waals surface area contributed by atoms with Gasteiger partial charge < -0.3 is 25.0 Å². The molecule has 2 aliphatic heterocycles. The Morgan fingerprint density at radius 3 is 2.10 bits per heavy atom. The molecule has 2 saturated heterocycles.